The van der Waals surface area contributed by atoms with Crippen molar-refractivity contribution in [2.24, 2.45) is 0 Å². The van der Waals surface area contributed by atoms with Gasteiger partial charge in [0.05, 0.1) is 33.0 Å². The monoisotopic (exact) mass is 323 g/mol. The van der Waals surface area contributed by atoms with E-state index in [1.807, 2.05) is 0 Å². The summed E-state index contributed by atoms with van der Waals surface area (Å²) in [6.07, 6.45) is 7.15. The van der Waals surface area contributed by atoms with Crippen LogP contribution in [0.3, 0.4) is 0 Å². The van der Waals surface area contributed by atoms with E-state index < -0.39 is 0 Å². The van der Waals surface area contributed by atoms with E-state index in [0.717, 1.165) is 45.0 Å². The number of ether oxygens (including phenoxy) is 3. The standard InChI is InChI=1S/C16H34ClNO3/c1-2-3-11-19-13-15-21-16-14-20-12-10-18-9-7-5-4-6-8-17/h18H,2-16H2,1H3. The largest absolute Gasteiger partial charge is 0.379 e. The molecule has 0 aliphatic heterocycles. The Labute approximate surface area is 135 Å². The maximum absolute atomic E-state index is 5.62. The molecule has 0 saturated heterocycles. The average molecular weight is 324 g/mol. The van der Waals surface area contributed by atoms with Crippen molar-refractivity contribution in [1.82, 2.24) is 5.32 Å². The van der Waals surface area contributed by atoms with E-state index >= 15 is 0 Å². The topological polar surface area (TPSA) is 39.7 Å². The number of unbranched alkanes of at least 4 members (excludes halogenated alkanes) is 4. The fraction of sp³-hybridized carbons (Fsp3) is 1.00. The summed E-state index contributed by atoms with van der Waals surface area (Å²) in [5, 5.41) is 3.37. The number of hydrogen-bond donors (Lipinski definition) is 1. The van der Waals surface area contributed by atoms with Gasteiger partial charge in [0.2, 0.25) is 0 Å². The quantitative estimate of drug-likeness (QED) is 0.310. The summed E-state index contributed by atoms with van der Waals surface area (Å²) in [7, 11) is 0. The molecule has 128 valence electrons. The van der Waals surface area contributed by atoms with E-state index in [1.165, 1.54) is 25.7 Å². The van der Waals surface area contributed by atoms with Crippen molar-refractivity contribution in [2.45, 2.75) is 45.4 Å². The Balaban J connectivity index is 2.90. The lowest BCUT2D eigenvalue weighted by atomic mass is 10.2. The Hall–Kier alpha value is 0.130. The van der Waals surface area contributed by atoms with Crippen LogP contribution in [0, 0.1) is 0 Å². The van der Waals surface area contributed by atoms with Crippen LogP contribution in [-0.4, -0.2) is 58.6 Å². The van der Waals surface area contributed by atoms with Crippen molar-refractivity contribution in [3.05, 3.63) is 0 Å². The van der Waals surface area contributed by atoms with Crippen LogP contribution in [0.25, 0.3) is 0 Å². The third-order valence-electron chi connectivity index (χ3n) is 3.05. The third-order valence-corrected chi connectivity index (χ3v) is 3.31. The Morgan fingerprint density at radius 3 is 1.95 bits per heavy atom. The second kappa shape index (κ2) is 20.1. The van der Waals surface area contributed by atoms with Gasteiger partial charge in [0.25, 0.3) is 0 Å². The van der Waals surface area contributed by atoms with Gasteiger partial charge in [-0.05, 0) is 25.8 Å². The van der Waals surface area contributed by atoms with Gasteiger partial charge < -0.3 is 19.5 Å². The molecule has 0 aliphatic carbocycles. The van der Waals surface area contributed by atoms with Crippen LogP contribution >= 0.6 is 11.6 Å². The van der Waals surface area contributed by atoms with Gasteiger partial charge in [-0.3, -0.25) is 0 Å². The number of halogens is 1. The van der Waals surface area contributed by atoms with E-state index in [1.54, 1.807) is 0 Å². The minimum absolute atomic E-state index is 0.648. The Morgan fingerprint density at radius 1 is 0.667 bits per heavy atom. The van der Waals surface area contributed by atoms with Gasteiger partial charge in [-0.2, -0.15) is 0 Å². The first-order valence-electron chi connectivity index (χ1n) is 8.41. The van der Waals surface area contributed by atoms with E-state index in [9.17, 15) is 0 Å². The maximum Gasteiger partial charge on any atom is 0.0701 e. The molecule has 1 N–H and O–H groups in total. The highest BCUT2D eigenvalue weighted by Crippen LogP contribution is 1.99. The first kappa shape index (κ1) is 21.1. The van der Waals surface area contributed by atoms with Crippen LogP contribution in [-0.2, 0) is 14.2 Å². The van der Waals surface area contributed by atoms with Gasteiger partial charge in [0, 0.05) is 19.0 Å². The molecule has 0 unspecified atom stereocenters. The summed E-state index contributed by atoms with van der Waals surface area (Å²) < 4.78 is 16.3. The van der Waals surface area contributed by atoms with Crippen molar-refractivity contribution >= 4 is 11.6 Å². The van der Waals surface area contributed by atoms with Crippen LogP contribution in [0.2, 0.25) is 0 Å². The molecule has 0 aromatic carbocycles. The molecule has 0 heterocycles. The molecular formula is C16H34ClNO3. The SMILES string of the molecule is CCCCOCCOCCOCCNCCCCCCCl. The minimum Gasteiger partial charge on any atom is -0.379 e. The molecule has 0 fully saturated rings. The van der Waals surface area contributed by atoms with Gasteiger partial charge in [-0.15, -0.1) is 11.6 Å². The Kier molecular flexibility index (Phi) is 20.3. The lowest BCUT2D eigenvalue weighted by Crippen LogP contribution is -2.21. The van der Waals surface area contributed by atoms with E-state index in [2.05, 4.69) is 12.2 Å². The molecule has 0 saturated carbocycles. The van der Waals surface area contributed by atoms with Crippen LogP contribution in [0.1, 0.15) is 45.4 Å². The van der Waals surface area contributed by atoms with Crippen LogP contribution < -0.4 is 5.32 Å². The average Bonchev–Trinajstić information content (AvgIpc) is 2.50. The van der Waals surface area contributed by atoms with Gasteiger partial charge in [-0.25, -0.2) is 0 Å². The first-order valence-corrected chi connectivity index (χ1v) is 8.95. The minimum atomic E-state index is 0.648. The Morgan fingerprint density at radius 2 is 1.29 bits per heavy atom. The second-order valence-corrected chi connectivity index (χ2v) is 5.42. The lowest BCUT2D eigenvalue weighted by Gasteiger charge is -2.07. The summed E-state index contributed by atoms with van der Waals surface area (Å²) >= 11 is 5.62. The van der Waals surface area contributed by atoms with Crippen LogP contribution in [0.15, 0.2) is 0 Å². The molecule has 0 aromatic rings. The first-order chi connectivity index (χ1) is 10.4. The number of hydrogen-bond acceptors (Lipinski definition) is 4. The molecule has 4 nitrogen and oxygen atoms in total. The molecule has 0 radical (unpaired) electrons. The molecule has 0 atom stereocenters. The highest BCUT2D eigenvalue weighted by Gasteiger charge is 1.93. The number of rotatable bonds is 18. The van der Waals surface area contributed by atoms with Gasteiger partial charge in [0.15, 0.2) is 0 Å². The van der Waals surface area contributed by atoms with Crippen LogP contribution in [0.4, 0.5) is 0 Å². The summed E-state index contributed by atoms with van der Waals surface area (Å²) in [4.78, 5) is 0. The molecule has 5 heteroatoms. The highest BCUT2D eigenvalue weighted by molar-refractivity contribution is 6.17. The van der Waals surface area contributed by atoms with Gasteiger partial charge in [-0.1, -0.05) is 26.2 Å². The zero-order valence-electron chi connectivity index (χ0n) is 13.7. The predicted molar refractivity (Wildman–Crippen MR) is 89.4 cm³/mol. The molecular weight excluding hydrogens is 290 g/mol. The summed E-state index contributed by atoms with van der Waals surface area (Å²) in [6.45, 7) is 8.38. The fourth-order valence-electron chi connectivity index (χ4n) is 1.76. The Bertz CT molecular complexity index is 167. The number of nitrogens with one attached hydrogen (secondary N) is 1. The van der Waals surface area contributed by atoms with Crippen molar-refractivity contribution < 1.29 is 14.2 Å². The third kappa shape index (κ3) is 20.1. The molecule has 0 aliphatic rings. The summed E-state index contributed by atoms with van der Waals surface area (Å²) in [6, 6.07) is 0. The number of alkyl halides is 1. The smallest absolute Gasteiger partial charge is 0.0701 e. The van der Waals surface area contributed by atoms with Crippen LogP contribution in [0.5, 0.6) is 0 Å². The lowest BCUT2D eigenvalue weighted by molar-refractivity contribution is 0.0147. The van der Waals surface area contributed by atoms with Crippen molar-refractivity contribution in [2.75, 3.05) is 58.6 Å². The van der Waals surface area contributed by atoms with Gasteiger partial charge in [0.1, 0.15) is 0 Å². The molecule has 0 amide bonds. The van der Waals surface area contributed by atoms with E-state index in [0.29, 0.717) is 26.4 Å². The van der Waals surface area contributed by atoms with Gasteiger partial charge >= 0.3 is 0 Å². The summed E-state index contributed by atoms with van der Waals surface area (Å²) in [5.74, 6) is 0.786. The molecule has 0 bridgehead atoms. The molecule has 0 rings (SSSR count). The molecule has 21 heavy (non-hydrogen) atoms. The van der Waals surface area contributed by atoms with Crippen molar-refractivity contribution in [3.63, 3.8) is 0 Å². The zero-order valence-corrected chi connectivity index (χ0v) is 14.5. The highest BCUT2D eigenvalue weighted by atomic mass is 35.5. The van der Waals surface area contributed by atoms with E-state index in [-0.39, 0.29) is 0 Å². The maximum atomic E-state index is 5.62. The molecule has 0 aromatic heterocycles. The zero-order chi connectivity index (χ0) is 15.4. The second-order valence-electron chi connectivity index (χ2n) is 5.04. The van der Waals surface area contributed by atoms with Crippen molar-refractivity contribution in [1.29, 1.82) is 0 Å². The van der Waals surface area contributed by atoms with E-state index in [4.69, 9.17) is 25.8 Å². The molecule has 0 spiro atoms. The summed E-state index contributed by atoms with van der Waals surface area (Å²) in [5.41, 5.74) is 0. The van der Waals surface area contributed by atoms with Crippen molar-refractivity contribution in [3.8, 4) is 0 Å². The fourth-order valence-corrected chi connectivity index (χ4v) is 1.94. The normalized spacial score (nSPS) is 11.1. The predicted octanol–water partition coefficient (Wildman–Crippen LogP) is 3.23.